The quantitative estimate of drug-likeness (QED) is 0.212. The molecular formula is C15H26ClN3O4S2Si. The summed E-state index contributed by atoms with van der Waals surface area (Å²) in [7, 11) is -1.25. The third kappa shape index (κ3) is 7.93. The lowest BCUT2D eigenvalue weighted by Crippen LogP contribution is -2.32. The first-order valence-electron chi connectivity index (χ1n) is 8.02. The molecule has 0 radical (unpaired) electrons. The molecule has 148 valence electrons. The zero-order chi connectivity index (χ0) is 20.1. The molecule has 1 aromatic rings. The van der Waals surface area contributed by atoms with Crippen molar-refractivity contribution in [2.45, 2.75) is 51.2 Å². The summed E-state index contributed by atoms with van der Waals surface area (Å²) in [5.41, 5.74) is 0.289. The third-order valence-electron chi connectivity index (χ3n) is 3.07. The van der Waals surface area contributed by atoms with E-state index >= 15 is 0 Å². The molecule has 0 aliphatic heterocycles. The molecule has 0 fully saturated rings. The standard InChI is InChI=1S/C15H26ClN3O4S2Si/c1-15(2,3)25(22)17-9-11-12(16)24-13(18-11)19(14(20)21)10-23-7-8-26(4,5)6/h9H,7-8,10H2,1-6H3,(H,20,21). The first-order valence-corrected chi connectivity index (χ1v) is 14.0. The van der Waals surface area contributed by atoms with Crippen LogP contribution in [0.5, 0.6) is 0 Å². The van der Waals surface area contributed by atoms with E-state index in [1.807, 2.05) is 0 Å². The number of ether oxygens (including phenoxy) is 1. The van der Waals surface area contributed by atoms with Crippen LogP contribution in [0.3, 0.4) is 0 Å². The highest BCUT2D eigenvalue weighted by Gasteiger charge is 2.26. The number of hydrogen-bond donors (Lipinski definition) is 1. The number of carboxylic acid groups (broad SMARTS) is 1. The van der Waals surface area contributed by atoms with Gasteiger partial charge in [0, 0.05) is 14.7 Å². The van der Waals surface area contributed by atoms with Gasteiger partial charge in [-0.2, -0.15) is 0 Å². The van der Waals surface area contributed by atoms with Crippen molar-refractivity contribution in [3.05, 3.63) is 10.0 Å². The van der Waals surface area contributed by atoms with Crippen molar-refractivity contribution < 1.29 is 19.2 Å². The van der Waals surface area contributed by atoms with Gasteiger partial charge in [-0.1, -0.05) is 47.0 Å². The van der Waals surface area contributed by atoms with Crippen molar-refractivity contribution in [2.75, 3.05) is 18.2 Å². The minimum atomic E-state index is -1.45. The minimum Gasteiger partial charge on any atom is -0.591 e. The van der Waals surface area contributed by atoms with E-state index in [2.05, 4.69) is 29.0 Å². The van der Waals surface area contributed by atoms with Crippen LogP contribution in [0.15, 0.2) is 4.40 Å². The number of amides is 1. The lowest BCUT2D eigenvalue weighted by molar-refractivity contribution is 0.137. The van der Waals surface area contributed by atoms with Gasteiger partial charge in [-0.25, -0.2) is 14.7 Å². The molecule has 1 aromatic heterocycles. The number of aromatic nitrogens is 1. The molecule has 0 aliphatic carbocycles. The SMILES string of the molecule is CC(C)(C)[S+]([O-])N=Cc1nc(N(COCC[Si](C)(C)C)C(=O)O)sc1Cl. The Balaban J connectivity index is 2.82. The number of carbonyl (C=O) groups is 1. The zero-order valence-corrected chi connectivity index (χ0v) is 19.3. The van der Waals surface area contributed by atoms with Gasteiger partial charge >= 0.3 is 6.09 Å². The lowest BCUT2D eigenvalue weighted by atomic mass is 10.3. The van der Waals surface area contributed by atoms with Crippen molar-refractivity contribution in [3.63, 3.8) is 0 Å². The van der Waals surface area contributed by atoms with Gasteiger partial charge < -0.3 is 14.4 Å². The molecule has 26 heavy (non-hydrogen) atoms. The van der Waals surface area contributed by atoms with Gasteiger partial charge in [-0.3, -0.25) is 0 Å². The molecule has 1 N–H and O–H groups in total. The molecule has 0 spiro atoms. The van der Waals surface area contributed by atoms with Crippen molar-refractivity contribution >= 4 is 59.8 Å². The normalized spacial score (nSPS) is 14.0. The summed E-state index contributed by atoms with van der Waals surface area (Å²) in [4.78, 5) is 16.7. The van der Waals surface area contributed by atoms with Crippen molar-refractivity contribution in [1.82, 2.24) is 4.98 Å². The van der Waals surface area contributed by atoms with Crippen LogP contribution in [0.4, 0.5) is 9.93 Å². The molecular weight excluding hydrogens is 414 g/mol. The van der Waals surface area contributed by atoms with Crippen LogP contribution in [-0.2, 0) is 16.1 Å². The molecule has 0 saturated carbocycles. The summed E-state index contributed by atoms with van der Waals surface area (Å²) in [5.74, 6) is 0. The summed E-state index contributed by atoms with van der Waals surface area (Å²) < 4.78 is 21.2. The molecule has 0 aliphatic rings. The Bertz CT molecular complexity index is 644. The fraction of sp³-hybridized carbons (Fsp3) is 0.667. The summed E-state index contributed by atoms with van der Waals surface area (Å²) in [6.07, 6.45) is 0.140. The third-order valence-corrected chi connectivity index (χ3v) is 7.43. The molecule has 1 unspecified atom stereocenters. The average Bonchev–Trinajstić information content (AvgIpc) is 2.82. The van der Waals surface area contributed by atoms with Crippen LogP contribution in [-0.4, -0.2) is 53.1 Å². The van der Waals surface area contributed by atoms with E-state index in [1.165, 1.54) is 6.21 Å². The largest absolute Gasteiger partial charge is 0.591 e. The average molecular weight is 440 g/mol. The summed E-state index contributed by atoms with van der Waals surface area (Å²) in [5, 5.41) is 9.60. The van der Waals surface area contributed by atoms with Crippen LogP contribution < -0.4 is 4.90 Å². The molecule has 1 rings (SSSR count). The van der Waals surface area contributed by atoms with Gasteiger partial charge in [0.1, 0.15) is 39.1 Å². The van der Waals surface area contributed by atoms with Gasteiger partial charge in [0.15, 0.2) is 5.13 Å². The minimum absolute atomic E-state index is 0.117. The van der Waals surface area contributed by atoms with Gasteiger partial charge in [0.05, 0.1) is 0 Å². The Morgan fingerprint density at radius 1 is 1.50 bits per heavy atom. The van der Waals surface area contributed by atoms with E-state index in [0.29, 0.717) is 6.61 Å². The van der Waals surface area contributed by atoms with E-state index in [9.17, 15) is 14.5 Å². The molecule has 1 amide bonds. The Labute approximate surface area is 167 Å². The van der Waals surface area contributed by atoms with Crippen molar-refractivity contribution in [1.29, 1.82) is 0 Å². The van der Waals surface area contributed by atoms with Gasteiger partial charge in [-0.05, 0) is 26.8 Å². The number of thiazole rings is 1. The predicted molar refractivity (Wildman–Crippen MR) is 112 cm³/mol. The summed E-state index contributed by atoms with van der Waals surface area (Å²) in [6, 6.07) is 0.940. The van der Waals surface area contributed by atoms with E-state index in [1.54, 1.807) is 20.8 Å². The fourth-order valence-corrected chi connectivity index (χ4v) is 3.79. The maximum atomic E-state index is 12.0. The Morgan fingerprint density at radius 2 is 2.12 bits per heavy atom. The first kappa shape index (κ1) is 23.4. The molecule has 0 bridgehead atoms. The Kier molecular flexibility index (Phi) is 8.56. The second kappa shape index (κ2) is 9.51. The molecule has 0 aromatic carbocycles. The lowest BCUT2D eigenvalue weighted by Gasteiger charge is -2.19. The van der Waals surface area contributed by atoms with Crippen LogP contribution >= 0.6 is 22.9 Å². The van der Waals surface area contributed by atoms with Crippen LogP contribution in [0, 0.1) is 0 Å². The van der Waals surface area contributed by atoms with E-state index in [0.717, 1.165) is 22.3 Å². The first-order chi connectivity index (χ1) is 11.8. The number of anilines is 1. The van der Waals surface area contributed by atoms with Gasteiger partial charge in [0.2, 0.25) is 0 Å². The number of halogens is 1. The molecule has 1 heterocycles. The topological polar surface area (TPSA) is 98.1 Å². The van der Waals surface area contributed by atoms with Crippen molar-refractivity contribution in [3.8, 4) is 0 Å². The zero-order valence-electron chi connectivity index (χ0n) is 15.9. The summed E-state index contributed by atoms with van der Waals surface area (Å²) >= 11 is 5.69. The van der Waals surface area contributed by atoms with Gasteiger partial charge in [0.25, 0.3) is 0 Å². The highest BCUT2D eigenvalue weighted by atomic mass is 35.5. The monoisotopic (exact) mass is 439 g/mol. The smallest absolute Gasteiger partial charge is 0.415 e. The maximum Gasteiger partial charge on any atom is 0.415 e. The van der Waals surface area contributed by atoms with E-state index in [-0.39, 0.29) is 21.9 Å². The highest BCUT2D eigenvalue weighted by molar-refractivity contribution is 7.91. The molecule has 11 heteroatoms. The Hall–Kier alpha value is -0.653. The Morgan fingerprint density at radius 3 is 2.62 bits per heavy atom. The maximum absolute atomic E-state index is 12.0. The highest BCUT2D eigenvalue weighted by Crippen LogP contribution is 2.30. The van der Waals surface area contributed by atoms with E-state index < -0.39 is 30.3 Å². The predicted octanol–water partition coefficient (Wildman–Crippen LogP) is 4.47. The van der Waals surface area contributed by atoms with Crippen LogP contribution in [0.1, 0.15) is 26.5 Å². The van der Waals surface area contributed by atoms with Crippen LogP contribution in [0.25, 0.3) is 0 Å². The fourth-order valence-electron chi connectivity index (χ4n) is 1.48. The number of nitrogens with zero attached hydrogens (tertiary/aromatic N) is 3. The molecule has 0 saturated heterocycles. The number of hydrogen-bond acceptors (Lipinski definition) is 6. The van der Waals surface area contributed by atoms with Gasteiger partial charge in [-0.15, -0.1) is 0 Å². The van der Waals surface area contributed by atoms with E-state index in [4.69, 9.17) is 16.3 Å². The van der Waals surface area contributed by atoms with Crippen molar-refractivity contribution in [2.24, 2.45) is 4.40 Å². The second-order valence-electron chi connectivity index (χ2n) is 7.81. The molecule has 1 atom stereocenters. The summed E-state index contributed by atoms with van der Waals surface area (Å²) in [6.45, 7) is 12.5. The molecule has 7 nitrogen and oxygen atoms in total. The van der Waals surface area contributed by atoms with Crippen LogP contribution in [0.2, 0.25) is 30.0 Å². The number of rotatable bonds is 8. The second-order valence-corrected chi connectivity index (χ2v) is 16.9.